The van der Waals surface area contributed by atoms with Gasteiger partial charge < -0.3 is 0 Å². The summed E-state index contributed by atoms with van der Waals surface area (Å²) in [7, 11) is 0. The van der Waals surface area contributed by atoms with Crippen LogP contribution in [0.25, 0.3) is 0 Å². The molecule has 0 aliphatic heterocycles. The molecule has 0 saturated heterocycles. The van der Waals surface area contributed by atoms with Gasteiger partial charge in [0, 0.05) is 12.3 Å². The Labute approximate surface area is 74.5 Å². The summed E-state index contributed by atoms with van der Waals surface area (Å²) < 4.78 is 14.2. The molecule has 0 radical (unpaired) electrons. The zero-order valence-electron chi connectivity index (χ0n) is 6.98. The van der Waals surface area contributed by atoms with Gasteiger partial charge in [-0.2, -0.15) is 5.10 Å². The summed E-state index contributed by atoms with van der Waals surface area (Å²) in [5.74, 6) is 0. The van der Waals surface area contributed by atoms with E-state index in [1.165, 1.54) is 18.5 Å². The van der Waals surface area contributed by atoms with Gasteiger partial charge in [0.25, 0.3) is 5.56 Å². The smallest absolute Gasteiger partial charge is 0.267 e. The molecule has 1 aliphatic carbocycles. The second-order valence-corrected chi connectivity index (χ2v) is 3.16. The predicted octanol–water partition coefficient (Wildman–Crippen LogP) is 1.18. The second kappa shape index (κ2) is 2.80. The minimum absolute atomic E-state index is 0.247. The largest absolute Gasteiger partial charge is 0.270 e. The fourth-order valence-electron chi connectivity index (χ4n) is 0.928. The highest BCUT2D eigenvalue weighted by Crippen LogP contribution is 2.37. The fourth-order valence-corrected chi connectivity index (χ4v) is 0.928. The molecule has 1 fully saturated rings. The maximum Gasteiger partial charge on any atom is 0.270 e. The highest BCUT2D eigenvalue weighted by molar-refractivity contribution is 5.72. The van der Waals surface area contributed by atoms with Gasteiger partial charge in [-0.1, -0.05) is 6.07 Å². The van der Waals surface area contributed by atoms with Gasteiger partial charge in [0.05, 0.1) is 6.21 Å². The van der Waals surface area contributed by atoms with E-state index in [1.807, 2.05) is 0 Å². The van der Waals surface area contributed by atoms with Crippen molar-refractivity contribution in [1.29, 1.82) is 0 Å². The van der Waals surface area contributed by atoms with Crippen molar-refractivity contribution in [2.24, 2.45) is 5.10 Å². The summed E-state index contributed by atoms with van der Waals surface area (Å²) in [5.41, 5.74) is -1.50. The van der Waals surface area contributed by atoms with Gasteiger partial charge in [-0.15, -0.1) is 0 Å². The number of halogens is 1. The molecule has 3 nitrogen and oxygen atoms in total. The minimum atomic E-state index is -1.25. The van der Waals surface area contributed by atoms with Crippen LogP contribution in [0.4, 0.5) is 4.39 Å². The molecule has 0 N–H and O–H groups in total. The Hall–Kier alpha value is -1.45. The van der Waals surface area contributed by atoms with E-state index in [0.717, 1.165) is 4.68 Å². The minimum Gasteiger partial charge on any atom is -0.267 e. The summed E-state index contributed by atoms with van der Waals surface area (Å²) in [5, 5.41) is 3.74. The number of hydrogen-bond donors (Lipinski definition) is 0. The van der Waals surface area contributed by atoms with E-state index in [4.69, 9.17) is 0 Å². The molecule has 1 aliphatic rings. The van der Waals surface area contributed by atoms with Gasteiger partial charge in [0.2, 0.25) is 0 Å². The normalized spacial score (nSPS) is 19.2. The van der Waals surface area contributed by atoms with Crippen molar-refractivity contribution in [3.05, 3.63) is 34.7 Å². The standard InChI is InChI=1S/C9H9FN2O/c10-9(4-5-9)7-11-12-6-2-1-3-8(12)13/h1-3,6-7H,4-5H2/b11-7+. The molecule has 0 bridgehead atoms. The monoisotopic (exact) mass is 180 g/mol. The van der Waals surface area contributed by atoms with Crippen molar-refractivity contribution in [2.75, 3.05) is 0 Å². The number of hydrogen-bond acceptors (Lipinski definition) is 2. The topological polar surface area (TPSA) is 34.4 Å². The van der Waals surface area contributed by atoms with E-state index in [0.29, 0.717) is 12.8 Å². The number of aromatic nitrogens is 1. The van der Waals surface area contributed by atoms with Crippen LogP contribution in [0.3, 0.4) is 0 Å². The SMILES string of the molecule is O=c1ccccn1/N=C/C1(F)CC1. The van der Waals surface area contributed by atoms with E-state index in [-0.39, 0.29) is 5.56 Å². The molecular formula is C9H9FN2O. The Bertz CT molecular complexity index is 393. The summed E-state index contributed by atoms with van der Waals surface area (Å²) in [6.07, 6.45) is 3.73. The lowest BCUT2D eigenvalue weighted by Gasteiger charge is -1.96. The number of alkyl halides is 1. The molecule has 1 saturated carbocycles. The quantitative estimate of drug-likeness (QED) is 0.629. The van der Waals surface area contributed by atoms with Crippen molar-refractivity contribution >= 4 is 6.21 Å². The van der Waals surface area contributed by atoms with Gasteiger partial charge in [-0.3, -0.25) is 4.79 Å². The summed E-state index contributed by atoms with van der Waals surface area (Å²) in [6, 6.07) is 4.68. The molecule has 0 amide bonds. The van der Waals surface area contributed by atoms with Crippen LogP contribution in [0.1, 0.15) is 12.8 Å². The first-order chi connectivity index (χ1) is 6.20. The van der Waals surface area contributed by atoms with Crippen molar-refractivity contribution < 1.29 is 4.39 Å². The van der Waals surface area contributed by atoms with Crippen LogP contribution in [-0.2, 0) is 0 Å². The average Bonchev–Trinajstić information content (AvgIpc) is 2.83. The zero-order valence-corrected chi connectivity index (χ0v) is 6.98. The third-order valence-electron chi connectivity index (χ3n) is 1.94. The molecule has 0 unspecified atom stereocenters. The van der Waals surface area contributed by atoms with Gasteiger partial charge >= 0.3 is 0 Å². The van der Waals surface area contributed by atoms with Gasteiger partial charge in [0.1, 0.15) is 5.67 Å². The first kappa shape index (κ1) is 8.16. The molecule has 1 heterocycles. The van der Waals surface area contributed by atoms with Crippen LogP contribution < -0.4 is 5.56 Å². The van der Waals surface area contributed by atoms with E-state index >= 15 is 0 Å². The van der Waals surface area contributed by atoms with Crippen LogP contribution in [-0.4, -0.2) is 16.6 Å². The van der Waals surface area contributed by atoms with E-state index in [2.05, 4.69) is 5.10 Å². The van der Waals surface area contributed by atoms with E-state index in [9.17, 15) is 9.18 Å². The molecule has 1 aromatic rings. The van der Waals surface area contributed by atoms with Crippen LogP contribution in [0.15, 0.2) is 34.3 Å². The number of rotatable bonds is 2. The van der Waals surface area contributed by atoms with Crippen LogP contribution in [0.5, 0.6) is 0 Å². The molecule has 0 spiro atoms. The van der Waals surface area contributed by atoms with Crippen molar-refractivity contribution in [3.8, 4) is 0 Å². The van der Waals surface area contributed by atoms with Gasteiger partial charge in [0.15, 0.2) is 0 Å². The molecule has 0 atom stereocenters. The number of pyridine rings is 1. The Morgan fingerprint density at radius 2 is 2.31 bits per heavy atom. The molecule has 68 valence electrons. The molecule has 13 heavy (non-hydrogen) atoms. The summed E-state index contributed by atoms with van der Waals surface area (Å²) in [4.78, 5) is 11.1. The molecule has 1 aromatic heterocycles. The predicted molar refractivity (Wildman–Crippen MR) is 47.7 cm³/mol. The highest BCUT2D eigenvalue weighted by Gasteiger charge is 2.41. The maximum absolute atomic E-state index is 13.1. The van der Waals surface area contributed by atoms with Crippen LogP contribution in [0, 0.1) is 0 Å². The first-order valence-corrected chi connectivity index (χ1v) is 4.12. The van der Waals surface area contributed by atoms with Crippen molar-refractivity contribution in [1.82, 2.24) is 4.68 Å². The zero-order chi connectivity index (χ0) is 9.31. The van der Waals surface area contributed by atoms with Crippen molar-refractivity contribution in [3.63, 3.8) is 0 Å². The Morgan fingerprint density at radius 1 is 1.54 bits per heavy atom. The average molecular weight is 180 g/mol. The summed E-state index contributed by atoms with van der Waals surface area (Å²) in [6.45, 7) is 0. The Kier molecular flexibility index (Phi) is 1.76. The molecule has 4 heteroatoms. The Morgan fingerprint density at radius 3 is 2.92 bits per heavy atom. The third-order valence-corrected chi connectivity index (χ3v) is 1.94. The first-order valence-electron chi connectivity index (χ1n) is 4.12. The fraction of sp³-hybridized carbons (Fsp3) is 0.333. The van der Waals surface area contributed by atoms with E-state index < -0.39 is 5.67 Å². The van der Waals surface area contributed by atoms with Crippen LogP contribution >= 0.6 is 0 Å². The van der Waals surface area contributed by atoms with Crippen molar-refractivity contribution in [2.45, 2.75) is 18.5 Å². The lowest BCUT2D eigenvalue weighted by Crippen LogP contribution is -2.15. The molecule has 2 rings (SSSR count). The molecular weight excluding hydrogens is 171 g/mol. The second-order valence-electron chi connectivity index (χ2n) is 3.16. The lowest BCUT2D eigenvalue weighted by atomic mass is 10.4. The Balaban J connectivity index is 2.23. The third kappa shape index (κ3) is 1.83. The number of nitrogens with zero attached hydrogens (tertiary/aromatic N) is 2. The van der Waals surface area contributed by atoms with Gasteiger partial charge in [-0.25, -0.2) is 9.07 Å². The molecule has 0 aromatic carbocycles. The maximum atomic E-state index is 13.1. The van der Waals surface area contributed by atoms with Crippen LogP contribution in [0.2, 0.25) is 0 Å². The lowest BCUT2D eigenvalue weighted by molar-refractivity contribution is 0.412. The van der Waals surface area contributed by atoms with E-state index in [1.54, 1.807) is 12.1 Å². The van der Waals surface area contributed by atoms with Gasteiger partial charge in [-0.05, 0) is 18.9 Å². The summed E-state index contributed by atoms with van der Waals surface area (Å²) >= 11 is 0. The highest BCUT2D eigenvalue weighted by atomic mass is 19.1.